The largest absolute Gasteiger partial charge is 0.0689 e. The molecule has 0 saturated carbocycles. The van der Waals surface area contributed by atoms with E-state index in [9.17, 15) is 0 Å². The second kappa shape index (κ2) is 2.84. The summed E-state index contributed by atoms with van der Waals surface area (Å²) >= 11 is 0. The molecule has 0 N–H and O–H groups in total. The Kier molecular flexibility index (Phi) is 1.92. The molecule has 0 amide bonds. The Labute approximate surface area is 83.1 Å². The van der Waals surface area contributed by atoms with E-state index in [-0.39, 0.29) is 0 Å². The standard InChI is InChI=1S/C12H16Si/c1-7-4-8(2)10-6-9(3)12(13)11(10)5-7/h4-6,12H,1-3,13H3. The minimum absolute atomic E-state index is 0.758. The number of aryl methyl sites for hydroxylation is 2. The van der Waals surface area contributed by atoms with E-state index in [0.29, 0.717) is 0 Å². The van der Waals surface area contributed by atoms with E-state index in [1.54, 1.807) is 11.1 Å². The number of allylic oxidation sites excluding steroid dienone is 1. The van der Waals surface area contributed by atoms with Crippen molar-refractivity contribution >= 4 is 16.3 Å². The first-order valence-electron chi connectivity index (χ1n) is 4.89. The van der Waals surface area contributed by atoms with Gasteiger partial charge in [0.2, 0.25) is 0 Å². The van der Waals surface area contributed by atoms with Crippen LogP contribution in [0.5, 0.6) is 0 Å². The predicted octanol–water partition coefficient (Wildman–Crippen LogP) is 2.13. The van der Waals surface area contributed by atoms with Crippen molar-refractivity contribution in [1.29, 1.82) is 0 Å². The molecule has 1 unspecified atom stereocenters. The van der Waals surface area contributed by atoms with E-state index in [2.05, 4.69) is 39.0 Å². The van der Waals surface area contributed by atoms with Crippen LogP contribution in [0.2, 0.25) is 0 Å². The van der Waals surface area contributed by atoms with Crippen molar-refractivity contribution in [3.63, 3.8) is 0 Å². The van der Waals surface area contributed by atoms with Crippen LogP contribution in [0.4, 0.5) is 0 Å². The quantitative estimate of drug-likeness (QED) is 0.547. The Bertz CT molecular complexity index is 388. The van der Waals surface area contributed by atoms with Gasteiger partial charge in [0.15, 0.2) is 0 Å². The van der Waals surface area contributed by atoms with Crippen LogP contribution in [0.1, 0.15) is 34.7 Å². The fourth-order valence-corrected chi connectivity index (χ4v) is 2.81. The highest BCUT2D eigenvalue weighted by Crippen LogP contribution is 2.35. The van der Waals surface area contributed by atoms with E-state index < -0.39 is 0 Å². The van der Waals surface area contributed by atoms with Gasteiger partial charge in [-0.25, -0.2) is 0 Å². The Morgan fingerprint density at radius 3 is 2.54 bits per heavy atom. The van der Waals surface area contributed by atoms with E-state index in [1.165, 1.54) is 26.9 Å². The second-order valence-electron chi connectivity index (χ2n) is 4.19. The maximum absolute atomic E-state index is 2.36. The zero-order chi connectivity index (χ0) is 9.59. The molecule has 0 aliphatic heterocycles. The van der Waals surface area contributed by atoms with Crippen molar-refractivity contribution in [3.05, 3.63) is 40.0 Å². The number of benzene rings is 1. The summed E-state index contributed by atoms with van der Waals surface area (Å²) < 4.78 is 0. The lowest BCUT2D eigenvalue weighted by Crippen LogP contribution is -1.97. The summed E-state index contributed by atoms with van der Waals surface area (Å²) in [6, 6.07) is 4.63. The predicted molar refractivity (Wildman–Crippen MR) is 62.2 cm³/mol. The third-order valence-corrected chi connectivity index (χ3v) is 4.62. The molecular formula is C12H16Si. The molecule has 68 valence electrons. The van der Waals surface area contributed by atoms with Gasteiger partial charge in [-0.2, -0.15) is 0 Å². The highest BCUT2D eigenvalue weighted by molar-refractivity contribution is 6.16. The van der Waals surface area contributed by atoms with Gasteiger partial charge in [0.1, 0.15) is 0 Å². The summed E-state index contributed by atoms with van der Waals surface area (Å²) in [5.74, 6) is 0. The summed E-state index contributed by atoms with van der Waals surface area (Å²) in [6.07, 6.45) is 2.36. The average molecular weight is 188 g/mol. The van der Waals surface area contributed by atoms with Crippen molar-refractivity contribution in [2.45, 2.75) is 26.3 Å². The Morgan fingerprint density at radius 2 is 1.85 bits per heavy atom. The van der Waals surface area contributed by atoms with E-state index in [0.717, 1.165) is 5.54 Å². The van der Waals surface area contributed by atoms with Crippen LogP contribution >= 0.6 is 0 Å². The molecule has 0 nitrogen and oxygen atoms in total. The van der Waals surface area contributed by atoms with E-state index >= 15 is 0 Å². The van der Waals surface area contributed by atoms with E-state index in [1.807, 2.05) is 0 Å². The van der Waals surface area contributed by atoms with Crippen molar-refractivity contribution in [1.82, 2.24) is 0 Å². The molecule has 1 aliphatic rings. The lowest BCUT2D eigenvalue weighted by molar-refractivity contribution is 1.13. The van der Waals surface area contributed by atoms with Crippen LogP contribution in [0.3, 0.4) is 0 Å². The van der Waals surface area contributed by atoms with Gasteiger partial charge in [-0.05, 0) is 43.0 Å². The Hall–Kier alpha value is -0.823. The van der Waals surface area contributed by atoms with Gasteiger partial charge >= 0.3 is 0 Å². The number of hydrogen-bond acceptors (Lipinski definition) is 0. The first-order valence-corrected chi connectivity index (χ1v) is 6.04. The molecule has 0 radical (unpaired) electrons. The van der Waals surface area contributed by atoms with Crippen LogP contribution in [-0.4, -0.2) is 10.2 Å². The van der Waals surface area contributed by atoms with Crippen molar-refractivity contribution in [2.24, 2.45) is 0 Å². The molecule has 13 heavy (non-hydrogen) atoms. The molecule has 0 bridgehead atoms. The monoisotopic (exact) mass is 188 g/mol. The molecular weight excluding hydrogens is 172 g/mol. The topological polar surface area (TPSA) is 0 Å². The Balaban J connectivity index is 2.66. The first-order chi connectivity index (χ1) is 6.09. The van der Waals surface area contributed by atoms with Crippen molar-refractivity contribution in [3.8, 4) is 0 Å². The third-order valence-electron chi connectivity index (χ3n) is 3.08. The molecule has 1 heteroatoms. The van der Waals surface area contributed by atoms with Crippen LogP contribution in [0.25, 0.3) is 6.08 Å². The van der Waals surface area contributed by atoms with Crippen molar-refractivity contribution < 1.29 is 0 Å². The van der Waals surface area contributed by atoms with Gasteiger partial charge in [-0.1, -0.05) is 29.3 Å². The van der Waals surface area contributed by atoms with Gasteiger partial charge < -0.3 is 0 Å². The van der Waals surface area contributed by atoms with Gasteiger partial charge in [0, 0.05) is 10.2 Å². The van der Waals surface area contributed by atoms with Crippen LogP contribution in [-0.2, 0) is 0 Å². The van der Waals surface area contributed by atoms with Gasteiger partial charge in [0.25, 0.3) is 0 Å². The summed E-state index contributed by atoms with van der Waals surface area (Å²) in [6.45, 7) is 6.66. The fraction of sp³-hybridized carbons (Fsp3) is 0.333. The van der Waals surface area contributed by atoms with Crippen molar-refractivity contribution in [2.75, 3.05) is 0 Å². The third kappa shape index (κ3) is 1.27. The van der Waals surface area contributed by atoms with Gasteiger partial charge in [-0.3, -0.25) is 0 Å². The first kappa shape index (κ1) is 8.76. The molecule has 0 saturated heterocycles. The molecule has 0 heterocycles. The number of rotatable bonds is 0. The van der Waals surface area contributed by atoms with Crippen LogP contribution < -0.4 is 0 Å². The number of hydrogen-bond donors (Lipinski definition) is 0. The second-order valence-corrected chi connectivity index (χ2v) is 5.35. The fourth-order valence-electron chi connectivity index (χ4n) is 2.17. The minimum Gasteiger partial charge on any atom is -0.0689 e. The SMILES string of the molecule is CC1=Cc2c(C)cc(C)cc2C1[SiH3]. The molecule has 1 aromatic carbocycles. The molecule has 0 spiro atoms. The normalized spacial score (nSPS) is 20.2. The average Bonchev–Trinajstić information content (AvgIpc) is 2.32. The lowest BCUT2D eigenvalue weighted by Gasteiger charge is -2.10. The van der Waals surface area contributed by atoms with Crippen LogP contribution in [0, 0.1) is 13.8 Å². The molecule has 1 aliphatic carbocycles. The van der Waals surface area contributed by atoms with E-state index in [4.69, 9.17) is 0 Å². The maximum atomic E-state index is 2.36. The zero-order valence-corrected chi connectivity index (χ0v) is 10.8. The summed E-state index contributed by atoms with van der Waals surface area (Å²) in [7, 11) is 1.24. The van der Waals surface area contributed by atoms with Gasteiger partial charge in [0.05, 0.1) is 0 Å². The molecule has 1 aromatic rings. The minimum atomic E-state index is 0.758. The molecule has 2 rings (SSSR count). The van der Waals surface area contributed by atoms with Crippen LogP contribution in [0.15, 0.2) is 17.7 Å². The molecule has 1 atom stereocenters. The maximum Gasteiger partial charge on any atom is 0.0174 e. The highest BCUT2D eigenvalue weighted by Gasteiger charge is 2.19. The number of fused-ring (bicyclic) bond motifs is 1. The van der Waals surface area contributed by atoms with Gasteiger partial charge in [-0.15, -0.1) is 0 Å². The highest BCUT2D eigenvalue weighted by atomic mass is 28.1. The summed E-state index contributed by atoms with van der Waals surface area (Å²) in [5.41, 5.74) is 8.21. The Morgan fingerprint density at radius 1 is 1.15 bits per heavy atom. The molecule has 0 aromatic heterocycles. The lowest BCUT2D eigenvalue weighted by atomic mass is 10.0. The summed E-state index contributed by atoms with van der Waals surface area (Å²) in [4.78, 5) is 0. The smallest absolute Gasteiger partial charge is 0.0174 e. The summed E-state index contributed by atoms with van der Waals surface area (Å²) in [5, 5.41) is 0. The molecule has 0 fully saturated rings. The zero-order valence-electron chi connectivity index (χ0n) is 8.81.